The second-order valence-corrected chi connectivity index (χ2v) is 8.12. The van der Waals surface area contributed by atoms with Crippen LogP contribution >= 0.6 is 15.9 Å². The van der Waals surface area contributed by atoms with Gasteiger partial charge in [-0.15, -0.1) is 0 Å². The largest absolute Gasteiger partial charge is 0.309 e. The lowest BCUT2D eigenvalue weighted by atomic mass is 10.0. The first-order valence-corrected chi connectivity index (χ1v) is 10.2. The Bertz CT molecular complexity index is 1520. The molecule has 2 heteroatoms. The van der Waals surface area contributed by atoms with Crippen LogP contribution in [0.3, 0.4) is 0 Å². The molecule has 0 spiro atoms. The van der Waals surface area contributed by atoms with E-state index in [0.717, 1.165) is 4.47 Å². The Balaban J connectivity index is 1.82. The monoisotopic (exact) mass is 421 g/mol. The summed E-state index contributed by atoms with van der Waals surface area (Å²) in [5.74, 6) is 0. The molecule has 132 valence electrons. The molecular weight excluding hydrogens is 406 g/mol. The number of rotatable bonds is 1. The minimum absolute atomic E-state index is 1.09. The van der Waals surface area contributed by atoms with Crippen LogP contribution in [-0.2, 0) is 0 Å². The van der Waals surface area contributed by atoms with Gasteiger partial charge in [0.2, 0.25) is 0 Å². The highest BCUT2D eigenvalue weighted by Crippen LogP contribution is 2.38. The van der Waals surface area contributed by atoms with Crippen LogP contribution in [0, 0.1) is 0 Å². The van der Waals surface area contributed by atoms with Gasteiger partial charge in [0.1, 0.15) is 0 Å². The molecule has 1 nitrogen and oxygen atoms in total. The van der Waals surface area contributed by atoms with E-state index in [1.54, 1.807) is 0 Å². The average Bonchev–Trinajstić information content (AvgIpc) is 3.07. The zero-order valence-electron chi connectivity index (χ0n) is 15.1. The van der Waals surface area contributed by atoms with Crippen molar-refractivity contribution in [3.8, 4) is 5.69 Å². The second kappa shape index (κ2) is 5.95. The third-order valence-corrected chi connectivity index (χ3v) is 6.10. The van der Waals surface area contributed by atoms with Crippen LogP contribution in [0.1, 0.15) is 0 Å². The fourth-order valence-electron chi connectivity index (χ4n) is 4.35. The van der Waals surface area contributed by atoms with Crippen molar-refractivity contribution in [2.75, 3.05) is 0 Å². The molecule has 0 aliphatic heterocycles. The molecule has 0 radical (unpaired) electrons. The summed E-state index contributed by atoms with van der Waals surface area (Å²) in [4.78, 5) is 0. The molecular formula is C26H16BrN. The molecule has 0 fully saturated rings. The molecule has 1 aromatic heterocycles. The molecule has 0 bridgehead atoms. The lowest BCUT2D eigenvalue weighted by molar-refractivity contribution is 1.19. The van der Waals surface area contributed by atoms with Crippen LogP contribution < -0.4 is 0 Å². The number of nitrogens with zero attached hydrogens (tertiary/aromatic N) is 1. The van der Waals surface area contributed by atoms with Crippen molar-refractivity contribution in [1.82, 2.24) is 4.57 Å². The van der Waals surface area contributed by atoms with Crippen molar-refractivity contribution in [3.05, 3.63) is 102 Å². The molecule has 0 amide bonds. The quantitative estimate of drug-likeness (QED) is 0.254. The minimum Gasteiger partial charge on any atom is -0.309 e. The van der Waals surface area contributed by atoms with Gasteiger partial charge < -0.3 is 4.57 Å². The SMILES string of the molecule is Brc1ccc2c3c4ccccc4ccc3n(-c3ccc4ccccc4c3)c2c1. The smallest absolute Gasteiger partial charge is 0.0552 e. The van der Waals surface area contributed by atoms with Crippen LogP contribution in [0.15, 0.2) is 102 Å². The number of hydrogen-bond acceptors (Lipinski definition) is 0. The van der Waals surface area contributed by atoms with E-state index in [9.17, 15) is 0 Å². The summed E-state index contributed by atoms with van der Waals surface area (Å²) < 4.78 is 3.48. The normalized spacial score (nSPS) is 11.8. The standard InChI is InChI=1S/C26H16BrN/c27-20-11-13-23-25(16-20)28(21-12-9-17-5-1-2-7-19(17)15-21)24-14-10-18-6-3-4-8-22(18)26(23)24/h1-16H. The fourth-order valence-corrected chi connectivity index (χ4v) is 4.70. The molecule has 0 aliphatic rings. The van der Waals surface area contributed by atoms with E-state index in [0.29, 0.717) is 0 Å². The molecule has 6 aromatic rings. The van der Waals surface area contributed by atoms with Crippen molar-refractivity contribution in [1.29, 1.82) is 0 Å². The summed E-state index contributed by atoms with van der Waals surface area (Å²) in [6, 6.07) is 34.9. The van der Waals surface area contributed by atoms with Gasteiger partial charge in [-0.3, -0.25) is 0 Å². The third kappa shape index (κ3) is 2.25. The summed E-state index contributed by atoms with van der Waals surface area (Å²) in [7, 11) is 0. The Morgan fingerprint density at radius 1 is 0.536 bits per heavy atom. The van der Waals surface area contributed by atoms with Crippen molar-refractivity contribution in [2.24, 2.45) is 0 Å². The second-order valence-electron chi connectivity index (χ2n) is 7.21. The summed E-state index contributed by atoms with van der Waals surface area (Å²) >= 11 is 3.67. The van der Waals surface area contributed by atoms with Gasteiger partial charge in [0.25, 0.3) is 0 Å². The van der Waals surface area contributed by atoms with Gasteiger partial charge in [-0.25, -0.2) is 0 Å². The fraction of sp³-hybridized carbons (Fsp3) is 0. The summed E-state index contributed by atoms with van der Waals surface area (Å²) in [5.41, 5.74) is 3.64. The van der Waals surface area contributed by atoms with Crippen LogP contribution in [-0.4, -0.2) is 4.57 Å². The first-order chi connectivity index (χ1) is 13.8. The molecule has 0 atom stereocenters. The van der Waals surface area contributed by atoms with Gasteiger partial charge >= 0.3 is 0 Å². The highest BCUT2D eigenvalue weighted by molar-refractivity contribution is 9.10. The number of fused-ring (bicyclic) bond motifs is 6. The topological polar surface area (TPSA) is 4.93 Å². The van der Waals surface area contributed by atoms with E-state index in [1.165, 1.54) is 49.0 Å². The van der Waals surface area contributed by atoms with Crippen LogP contribution in [0.5, 0.6) is 0 Å². The van der Waals surface area contributed by atoms with Gasteiger partial charge in [0.05, 0.1) is 11.0 Å². The van der Waals surface area contributed by atoms with Crippen LogP contribution in [0.4, 0.5) is 0 Å². The van der Waals surface area contributed by atoms with E-state index < -0.39 is 0 Å². The molecule has 0 aliphatic carbocycles. The predicted octanol–water partition coefficient (Wildman–Crippen LogP) is 7.85. The third-order valence-electron chi connectivity index (χ3n) is 5.61. The zero-order valence-corrected chi connectivity index (χ0v) is 16.6. The average molecular weight is 422 g/mol. The lowest BCUT2D eigenvalue weighted by Crippen LogP contribution is -1.93. The van der Waals surface area contributed by atoms with Gasteiger partial charge in [-0.2, -0.15) is 0 Å². The van der Waals surface area contributed by atoms with Gasteiger partial charge in [-0.1, -0.05) is 82.7 Å². The predicted molar refractivity (Wildman–Crippen MR) is 123 cm³/mol. The number of benzene rings is 5. The minimum atomic E-state index is 1.09. The Labute approximate surface area is 171 Å². The summed E-state index contributed by atoms with van der Waals surface area (Å²) in [5, 5.41) is 7.68. The van der Waals surface area contributed by atoms with E-state index in [-0.39, 0.29) is 0 Å². The van der Waals surface area contributed by atoms with Gasteiger partial charge in [0.15, 0.2) is 0 Å². The molecule has 0 saturated carbocycles. The molecule has 5 aromatic carbocycles. The first kappa shape index (κ1) is 15.9. The molecule has 0 unspecified atom stereocenters. The first-order valence-electron chi connectivity index (χ1n) is 9.40. The van der Waals surface area contributed by atoms with Crippen molar-refractivity contribution < 1.29 is 0 Å². The van der Waals surface area contributed by atoms with Crippen molar-refractivity contribution in [2.45, 2.75) is 0 Å². The number of hydrogen-bond donors (Lipinski definition) is 0. The highest BCUT2D eigenvalue weighted by Gasteiger charge is 2.15. The number of aromatic nitrogens is 1. The van der Waals surface area contributed by atoms with Crippen molar-refractivity contribution in [3.63, 3.8) is 0 Å². The maximum atomic E-state index is 3.67. The molecule has 0 saturated heterocycles. The maximum Gasteiger partial charge on any atom is 0.0552 e. The Morgan fingerprint density at radius 2 is 1.29 bits per heavy atom. The van der Waals surface area contributed by atoms with Gasteiger partial charge in [0, 0.05) is 20.9 Å². The van der Waals surface area contributed by atoms with E-state index >= 15 is 0 Å². The summed E-state index contributed by atoms with van der Waals surface area (Å²) in [6.07, 6.45) is 0. The van der Waals surface area contributed by atoms with E-state index in [2.05, 4.69) is 118 Å². The Morgan fingerprint density at radius 3 is 2.18 bits per heavy atom. The molecule has 6 rings (SSSR count). The molecule has 0 N–H and O–H groups in total. The molecule has 28 heavy (non-hydrogen) atoms. The highest BCUT2D eigenvalue weighted by atomic mass is 79.9. The van der Waals surface area contributed by atoms with Crippen LogP contribution in [0.25, 0.3) is 49.0 Å². The zero-order chi connectivity index (χ0) is 18.7. The van der Waals surface area contributed by atoms with E-state index in [4.69, 9.17) is 0 Å². The Hall–Kier alpha value is -3.10. The number of halogens is 1. The molecule has 1 heterocycles. The lowest BCUT2D eigenvalue weighted by Gasteiger charge is -2.10. The van der Waals surface area contributed by atoms with E-state index in [1.807, 2.05) is 0 Å². The van der Waals surface area contributed by atoms with Crippen LogP contribution in [0.2, 0.25) is 0 Å². The Kier molecular flexibility index (Phi) is 3.38. The van der Waals surface area contributed by atoms with Crippen molar-refractivity contribution >= 4 is 59.3 Å². The van der Waals surface area contributed by atoms with Gasteiger partial charge in [-0.05, 0) is 51.9 Å². The maximum absolute atomic E-state index is 3.67. The summed E-state index contributed by atoms with van der Waals surface area (Å²) in [6.45, 7) is 0.